The first kappa shape index (κ1) is 16.3. The smallest absolute Gasteiger partial charge is 0.326 e. The highest BCUT2D eigenvalue weighted by Crippen LogP contribution is 2.40. The van der Waals surface area contributed by atoms with Gasteiger partial charge in [0.05, 0.1) is 5.92 Å². The summed E-state index contributed by atoms with van der Waals surface area (Å²) in [6.45, 7) is 1.85. The summed E-state index contributed by atoms with van der Waals surface area (Å²) in [6, 6.07) is 5.46. The number of rotatable bonds is 2. The fourth-order valence-corrected chi connectivity index (χ4v) is 3.05. The van der Waals surface area contributed by atoms with Crippen LogP contribution in [0.4, 0.5) is 18.9 Å². The third kappa shape index (κ3) is 4.22. The van der Waals surface area contributed by atoms with Crippen molar-refractivity contribution >= 4 is 27.5 Å². The van der Waals surface area contributed by atoms with Gasteiger partial charge in [-0.05, 0) is 43.9 Å². The summed E-state index contributed by atoms with van der Waals surface area (Å²) >= 11 is 3.32. The summed E-state index contributed by atoms with van der Waals surface area (Å²) in [7, 11) is 0. The van der Waals surface area contributed by atoms with Crippen LogP contribution in [0.2, 0.25) is 0 Å². The second-order valence-electron chi connectivity index (χ2n) is 5.55. The Hall–Kier alpha value is -1.04. The molecule has 1 aliphatic carbocycles. The average molecular weight is 364 g/mol. The lowest BCUT2D eigenvalue weighted by atomic mass is 9.80. The van der Waals surface area contributed by atoms with Crippen molar-refractivity contribution in [3.63, 3.8) is 0 Å². The minimum absolute atomic E-state index is 0.109. The molecule has 21 heavy (non-hydrogen) atoms. The van der Waals surface area contributed by atoms with Crippen molar-refractivity contribution in [3.8, 4) is 0 Å². The van der Waals surface area contributed by atoms with Crippen LogP contribution >= 0.6 is 15.9 Å². The van der Waals surface area contributed by atoms with Gasteiger partial charge in [-0.2, -0.15) is 13.2 Å². The Labute approximate surface area is 130 Å². The SMILES string of the molecule is Cc1ccc(Br)cc1NC(=O)C1CCCC(C(F)(F)F)C1. The van der Waals surface area contributed by atoms with E-state index in [0.29, 0.717) is 18.5 Å². The van der Waals surface area contributed by atoms with E-state index in [-0.39, 0.29) is 18.7 Å². The zero-order valence-electron chi connectivity index (χ0n) is 11.6. The molecule has 2 unspecified atom stereocenters. The van der Waals surface area contributed by atoms with E-state index >= 15 is 0 Å². The highest BCUT2D eigenvalue weighted by Gasteiger charge is 2.43. The summed E-state index contributed by atoms with van der Waals surface area (Å²) < 4.78 is 39.2. The van der Waals surface area contributed by atoms with Gasteiger partial charge in [-0.25, -0.2) is 0 Å². The largest absolute Gasteiger partial charge is 0.391 e. The van der Waals surface area contributed by atoms with E-state index in [1.807, 2.05) is 19.1 Å². The van der Waals surface area contributed by atoms with E-state index < -0.39 is 18.0 Å². The van der Waals surface area contributed by atoms with Crippen molar-refractivity contribution in [1.29, 1.82) is 0 Å². The molecule has 0 radical (unpaired) electrons. The first-order chi connectivity index (χ1) is 9.77. The van der Waals surface area contributed by atoms with Gasteiger partial charge in [0.15, 0.2) is 0 Å². The van der Waals surface area contributed by atoms with E-state index in [1.54, 1.807) is 6.07 Å². The van der Waals surface area contributed by atoms with Gasteiger partial charge in [0.2, 0.25) is 5.91 Å². The summed E-state index contributed by atoms with van der Waals surface area (Å²) in [5, 5.41) is 2.76. The number of nitrogens with one attached hydrogen (secondary N) is 1. The summed E-state index contributed by atoms with van der Waals surface area (Å²) in [6.07, 6.45) is -3.22. The molecule has 1 aliphatic rings. The first-order valence-electron chi connectivity index (χ1n) is 6.91. The van der Waals surface area contributed by atoms with Crippen LogP contribution in [0.5, 0.6) is 0 Å². The lowest BCUT2D eigenvalue weighted by Crippen LogP contribution is -2.34. The van der Waals surface area contributed by atoms with Crippen molar-refractivity contribution in [3.05, 3.63) is 28.2 Å². The van der Waals surface area contributed by atoms with Gasteiger partial charge in [0, 0.05) is 16.1 Å². The number of alkyl halides is 3. The molecule has 0 heterocycles. The van der Waals surface area contributed by atoms with Gasteiger partial charge in [-0.3, -0.25) is 4.79 Å². The van der Waals surface area contributed by atoms with Crippen LogP contribution in [0.15, 0.2) is 22.7 Å². The Morgan fingerprint density at radius 2 is 2.05 bits per heavy atom. The molecule has 0 bridgehead atoms. The quantitative estimate of drug-likeness (QED) is 0.781. The second kappa shape index (κ2) is 6.38. The molecule has 0 aromatic heterocycles. The van der Waals surface area contributed by atoms with Crippen LogP contribution in [0.25, 0.3) is 0 Å². The molecule has 116 valence electrons. The standard InChI is InChI=1S/C15H17BrF3NO/c1-9-5-6-12(16)8-13(9)20-14(21)10-3-2-4-11(7-10)15(17,18)19/h5-6,8,10-11H,2-4,7H2,1H3,(H,20,21). The molecule has 1 saturated carbocycles. The molecule has 1 amide bonds. The van der Waals surface area contributed by atoms with Crippen molar-refractivity contribution in [2.45, 2.75) is 38.8 Å². The fraction of sp³-hybridized carbons (Fsp3) is 0.533. The molecule has 0 saturated heterocycles. The number of amides is 1. The maximum absolute atomic E-state index is 12.8. The van der Waals surface area contributed by atoms with Gasteiger partial charge in [-0.1, -0.05) is 28.4 Å². The van der Waals surface area contributed by atoms with Gasteiger partial charge in [0.25, 0.3) is 0 Å². The molecule has 0 aliphatic heterocycles. The number of hydrogen-bond acceptors (Lipinski definition) is 1. The number of carbonyl (C=O) groups is 1. The maximum Gasteiger partial charge on any atom is 0.391 e. The van der Waals surface area contributed by atoms with E-state index in [4.69, 9.17) is 0 Å². The van der Waals surface area contributed by atoms with Crippen LogP contribution in [-0.4, -0.2) is 12.1 Å². The lowest BCUT2D eigenvalue weighted by Gasteiger charge is -2.29. The number of hydrogen-bond donors (Lipinski definition) is 1. The Morgan fingerprint density at radius 3 is 2.71 bits per heavy atom. The van der Waals surface area contributed by atoms with Crippen LogP contribution in [-0.2, 0) is 4.79 Å². The molecular formula is C15H17BrF3NO. The number of carbonyl (C=O) groups excluding carboxylic acids is 1. The van der Waals surface area contributed by atoms with Gasteiger partial charge in [0.1, 0.15) is 0 Å². The highest BCUT2D eigenvalue weighted by molar-refractivity contribution is 9.10. The molecule has 1 fully saturated rings. The van der Waals surface area contributed by atoms with Crippen LogP contribution in [0.3, 0.4) is 0 Å². The zero-order chi connectivity index (χ0) is 15.6. The van der Waals surface area contributed by atoms with Gasteiger partial charge < -0.3 is 5.32 Å². The Balaban J connectivity index is 2.04. The van der Waals surface area contributed by atoms with Crippen LogP contribution in [0.1, 0.15) is 31.2 Å². The molecule has 6 heteroatoms. The number of anilines is 1. The highest BCUT2D eigenvalue weighted by atomic mass is 79.9. The normalized spacial score (nSPS) is 22.9. The Morgan fingerprint density at radius 1 is 1.33 bits per heavy atom. The number of aryl methyl sites for hydroxylation is 1. The average Bonchev–Trinajstić information content (AvgIpc) is 2.42. The molecule has 1 N–H and O–H groups in total. The van der Waals surface area contributed by atoms with Crippen LogP contribution < -0.4 is 5.32 Å². The number of benzene rings is 1. The third-order valence-corrected chi connectivity index (χ3v) is 4.46. The molecule has 0 spiro atoms. The molecule has 1 aromatic carbocycles. The Kier molecular flexibility index (Phi) is 4.96. The summed E-state index contributed by atoms with van der Waals surface area (Å²) in [5.41, 5.74) is 1.53. The monoisotopic (exact) mass is 363 g/mol. The molecule has 2 rings (SSSR count). The van der Waals surface area contributed by atoms with E-state index in [1.165, 1.54) is 0 Å². The topological polar surface area (TPSA) is 29.1 Å². The first-order valence-corrected chi connectivity index (χ1v) is 7.70. The van der Waals surface area contributed by atoms with Gasteiger partial charge >= 0.3 is 6.18 Å². The Bertz CT molecular complexity index is 530. The minimum Gasteiger partial charge on any atom is -0.326 e. The van der Waals surface area contributed by atoms with E-state index in [9.17, 15) is 18.0 Å². The maximum atomic E-state index is 12.8. The summed E-state index contributed by atoms with van der Waals surface area (Å²) in [5.74, 6) is -2.24. The molecule has 1 aromatic rings. The predicted octanol–water partition coefficient (Wildman–Crippen LogP) is 5.06. The molecule has 2 atom stereocenters. The minimum atomic E-state index is -4.20. The third-order valence-electron chi connectivity index (χ3n) is 3.97. The van der Waals surface area contributed by atoms with Crippen LogP contribution in [0, 0.1) is 18.8 Å². The van der Waals surface area contributed by atoms with Gasteiger partial charge in [-0.15, -0.1) is 0 Å². The second-order valence-corrected chi connectivity index (χ2v) is 6.47. The van der Waals surface area contributed by atoms with Crippen molar-refractivity contribution in [2.75, 3.05) is 5.32 Å². The van der Waals surface area contributed by atoms with E-state index in [2.05, 4.69) is 21.2 Å². The van der Waals surface area contributed by atoms with E-state index in [0.717, 1.165) is 10.0 Å². The fourth-order valence-electron chi connectivity index (χ4n) is 2.69. The number of halogens is 4. The molecule has 2 nitrogen and oxygen atoms in total. The van der Waals surface area contributed by atoms with Crippen molar-refractivity contribution in [2.24, 2.45) is 11.8 Å². The zero-order valence-corrected chi connectivity index (χ0v) is 13.2. The predicted molar refractivity (Wildman–Crippen MR) is 79.0 cm³/mol. The van der Waals surface area contributed by atoms with Crippen molar-refractivity contribution < 1.29 is 18.0 Å². The van der Waals surface area contributed by atoms with Crippen molar-refractivity contribution in [1.82, 2.24) is 0 Å². The summed E-state index contributed by atoms with van der Waals surface area (Å²) in [4.78, 5) is 12.2. The lowest BCUT2D eigenvalue weighted by molar-refractivity contribution is -0.185. The molecular weight excluding hydrogens is 347 g/mol.